The first-order chi connectivity index (χ1) is 18.7. The number of carbonyl (C=O) groups is 5. The fraction of sp³-hybridized carbons (Fsp3) is 0.821. The van der Waals surface area contributed by atoms with Crippen LogP contribution < -0.4 is 21.7 Å². The minimum atomic E-state index is -1.39. The van der Waals surface area contributed by atoms with E-state index in [2.05, 4.69) is 16.0 Å². The summed E-state index contributed by atoms with van der Waals surface area (Å²) in [6, 6.07) is -2.33. The second kappa shape index (κ2) is 17.8. The van der Waals surface area contributed by atoms with E-state index in [1.165, 1.54) is 11.3 Å². The third kappa shape index (κ3) is 12.8. The van der Waals surface area contributed by atoms with Gasteiger partial charge in [0.15, 0.2) is 0 Å². The van der Waals surface area contributed by atoms with Gasteiger partial charge in [-0.05, 0) is 64.0 Å². The van der Waals surface area contributed by atoms with Crippen molar-refractivity contribution in [1.82, 2.24) is 20.9 Å². The first-order valence-corrected chi connectivity index (χ1v) is 14.8. The first-order valence-electron chi connectivity index (χ1n) is 14.8. The standard InChI is InChI=1S/C28H49N5O6/c1-2-33(25(35)12-8-11-20-13-15-30-16-14-20)19-24(34)31-23(18-26(36)37)28(39)32-22(27(29)38)17-21-9-6-4-3-5-7-10-21/h20-23,30H,2-19H2,1H3,(H2,29,38)(H,31,34)(H,32,39)(H,36,37)/t22-,23-/m0/s1. The summed E-state index contributed by atoms with van der Waals surface area (Å²) in [5, 5.41) is 17.7. The Bertz CT molecular complexity index is 808. The van der Waals surface area contributed by atoms with Crippen molar-refractivity contribution in [3.8, 4) is 0 Å². The number of aliphatic carboxylic acids is 1. The maximum absolute atomic E-state index is 13.0. The van der Waals surface area contributed by atoms with Crippen LogP contribution >= 0.6 is 0 Å². The maximum atomic E-state index is 13.0. The van der Waals surface area contributed by atoms with E-state index in [1.54, 1.807) is 6.92 Å². The zero-order chi connectivity index (χ0) is 28.6. The average molecular weight is 552 g/mol. The van der Waals surface area contributed by atoms with Gasteiger partial charge in [-0.25, -0.2) is 0 Å². The highest BCUT2D eigenvalue weighted by Crippen LogP contribution is 2.26. The summed E-state index contributed by atoms with van der Waals surface area (Å²) in [5.41, 5.74) is 5.57. The lowest BCUT2D eigenvalue weighted by atomic mass is 9.86. The molecule has 1 heterocycles. The molecule has 2 aliphatic rings. The van der Waals surface area contributed by atoms with Gasteiger partial charge in [0.2, 0.25) is 23.6 Å². The number of nitrogens with two attached hydrogens (primary N) is 1. The molecule has 2 rings (SSSR count). The minimum Gasteiger partial charge on any atom is -0.481 e. The molecule has 0 radical (unpaired) electrons. The third-order valence-corrected chi connectivity index (χ3v) is 8.01. The van der Waals surface area contributed by atoms with Crippen LogP contribution in [0.15, 0.2) is 0 Å². The van der Waals surface area contributed by atoms with Crippen molar-refractivity contribution < 1.29 is 29.1 Å². The number of nitrogens with zero attached hydrogens (tertiary/aromatic N) is 1. The van der Waals surface area contributed by atoms with Crippen LogP contribution in [-0.4, -0.2) is 77.9 Å². The number of carboxylic acids is 1. The fourth-order valence-electron chi connectivity index (χ4n) is 5.67. The summed E-state index contributed by atoms with van der Waals surface area (Å²) in [5.74, 6) is -2.63. The Morgan fingerprint density at radius 2 is 1.56 bits per heavy atom. The second-order valence-corrected chi connectivity index (χ2v) is 11.1. The molecule has 0 bridgehead atoms. The van der Waals surface area contributed by atoms with Crippen LogP contribution in [-0.2, 0) is 24.0 Å². The molecule has 2 atom stereocenters. The molecule has 1 aliphatic heterocycles. The highest BCUT2D eigenvalue weighted by atomic mass is 16.4. The number of piperidine rings is 1. The number of nitrogens with one attached hydrogen (secondary N) is 3. The Morgan fingerprint density at radius 3 is 2.15 bits per heavy atom. The van der Waals surface area contributed by atoms with Crippen LogP contribution in [0.1, 0.15) is 96.8 Å². The lowest BCUT2D eigenvalue weighted by Crippen LogP contribution is -2.55. The normalized spacial score (nSPS) is 18.7. The van der Waals surface area contributed by atoms with Crippen molar-refractivity contribution in [1.29, 1.82) is 0 Å². The molecule has 1 aliphatic carbocycles. The molecule has 6 N–H and O–H groups in total. The van der Waals surface area contributed by atoms with Crippen LogP contribution in [0.5, 0.6) is 0 Å². The summed E-state index contributed by atoms with van der Waals surface area (Å²) < 4.78 is 0. The Morgan fingerprint density at radius 1 is 0.923 bits per heavy atom. The molecule has 222 valence electrons. The van der Waals surface area contributed by atoms with E-state index < -0.39 is 42.2 Å². The number of hydrogen-bond acceptors (Lipinski definition) is 6. The monoisotopic (exact) mass is 551 g/mol. The molecule has 2 fully saturated rings. The van der Waals surface area contributed by atoms with Crippen LogP contribution in [0.25, 0.3) is 0 Å². The summed E-state index contributed by atoms with van der Waals surface area (Å²) in [6.45, 7) is 3.83. The SMILES string of the molecule is CCN(CC(=O)N[C@@H](CC(=O)O)C(=O)N[C@@H](CC1CCCCCCC1)C(N)=O)C(=O)CCCC1CCNCC1. The Labute approximate surface area is 232 Å². The van der Waals surface area contributed by atoms with Gasteiger partial charge in [-0.3, -0.25) is 24.0 Å². The average Bonchev–Trinajstić information content (AvgIpc) is 2.87. The molecule has 0 aromatic heterocycles. The van der Waals surface area contributed by atoms with E-state index in [9.17, 15) is 29.1 Å². The van der Waals surface area contributed by atoms with Crippen LogP contribution in [0.4, 0.5) is 0 Å². The highest BCUT2D eigenvalue weighted by Gasteiger charge is 2.30. The molecule has 11 nitrogen and oxygen atoms in total. The van der Waals surface area contributed by atoms with E-state index in [-0.39, 0.29) is 18.4 Å². The molecule has 39 heavy (non-hydrogen) atoms. The predicted molar refractivity (Wildman–Crippen MR) is 147 cm³/mol. The van der Waals surface area contributed by atoms with Gasteiger partial charge in [-0.15, -0.1) is 0 Å². The number of carbonyl (C=O) groups excluding carboxylic acids is 4. The predicted octanol–water partition coefficient (Wildman–Crippen LogP) is 1.69. The number of likely N-dealkylation sites (N-methyl/N-ethyl adjacent to an activating group) is 1. The van der Waals surface area contributed by atoms with E-state index in [0.29, 0.717) is 25.3 Å². The largest absolute Gasteiger partial charge is 0.481 e. The summed E-state index contributed by atoms with van der Waals surface area (Å²) in [4.78, 5) is 63.5. The smallest absolute Gasteiger partial charge is 0.305 e. The number of amides is 4. The van der Waals surface area contributed by atoms with Gasteiger partial charge < -0.3 is 31.7 Å². The van der Waals surface area contributed by atoms with Gasteiger partial charge in [-0.2, -0.15) is 0 Å². The lowest BCUT2D eigenvalue weighted by molar-refractivity contribution is -0.142. The Kier molecular flexibility index (Phi) is 14.9. The molecule has 0 spiro atoms. The zero-order valence-electron chi connectivity index (χ0n) is 23.6. The molecule has 4 amide bonds. The third-order valence-electron chi connectivity index (χ3n) is 8.01. The van der Waals surface area contributed by atoms with Crippen molar-refractivity contribution in [2.45, 2.75) is 109 Å². The van der Waals surface area contributed by atoms with Gasteiger partial charge >= 0.3 is 5.97 Å². The van der Waals surface area contributed by atoms with Gasteiger partial charge in [0.05, 0.1) is 13.0 Å². The summed E-state index contributed by atoms with van der Waals surface area (Å²) in [7, 11) is 0. The molecular weight excluding hydrogens is 502 g/mol. The van der Waals surface area contributed by atoms with E-state index in [1.807, 2.05) is 0 Å². The zero-order valence-corrected chi connectivity index (χ0v) is 23.6. The number of primary amides is 1. The van der Waals surface area contributed by atoms with Crippen molar-refractivity contribution in [2.24, 2.45) is 17.6 Å². The molecule has 1 saturated carbocycles. The van der Waals surface area contributed by atoms with Crippen molar-refractivity contribution >= 4 is 29.6 Å². The van der Waals surface area contributed by atoms with Crippen molar-refractivity contribution in [3.05, 3.63) is 0 Å². The van der Waals surface area contributed by atoms with E-state index >= 15 is 0 Å². The quantitative estimate of drug-likeness (QED) is 0.206. The molecular formula is C28H49N5O6. The maximum Gasteiger partial charge on any atom is 0.305 e. The van der Waals surface area contributed by atoms with Gasteiger partial charge in [0, 0.05) is 13.0 Å². The molecule has 0 aromatic carbocycles. The fourth-order valence-corrected chi connectivity index (χ4v) is 5.67. The minimum absolute atomic E-state index is 0.145. The first kappa shape index (κ1) is 32.5. The molecule has 11 heteroatoms. The van der Waals surface area contributed by atoms with E-state index in [0.717, 1.165) is 77.3 Å². The van der Waals surface area contributed by atoms with Crippen LogP contribution in [0.3, 0.4) is 0 Å². The number of carboxylic acid groups (broad SMARTS) is 1. The van der Waals surface area contributed by atoms with Gasteiger partial charge in [0.1, 0.15) is 12.1 Å². The van der Waals surface area contributed by atoms with Crippen LogP contribution in [0, 0.1) is 11.8 Å². The number of rotatable bonds is 15. The second-order valence-electron chi connectivity index (χ2n) is 11.1. The highest BCUT2D eigenvalue weighted by molar-refractivity contribution is 5.94. The Balaban J connectivity index is 1.90. The molecule has 0 aromatic rings. The topological polar surface area (TPSA) is 171 Å². The van der Waals surface area contributed by atoms with Gasteiger partial charge in [0.25, 0.3) is 0 Å². The Hall–Kier alpha value is -2.69. The summed E-state index contributed by atoms with van der Waals surface area (Å²) >= 11 is 0. The van der Waals surface area contributed by atoms with Gasteiger partial charge in [-0.1, -0.05) is 44.9 Å². The van der Waals surface area contributed by atoms with E-state index in [4.69, 9.17) is 5.73 Å². The molecule has 1 saturated heterocycles. The number of hydrogen-bond donors (Lipinski definition) is 5. The van der Waals surface area contributed by atoms with Crippen LogP contribution in [0.2, 0.25) is 0 Å². The van der Waals surface area contributed by atoms with Crippen molar-refractivity contribution in [2.75, 3.05) is 26.2 Å². The summed E-state index contributed by atoms with van der Waals surface area (Å²) in [6.07, 6.45) is 11.5. The lowest BCUT2D eigenvalue weighted by Gasteiger charge is -2.26. The molecule has 0 unspecified atom stereocenters. The van der Waals surface area contributed by atoms with Crippen molar-refractivity contribution in [3.63, 3.8) is 0 Å².